The smallest absolute Gasteiger partial charge is 0.146 e. The lowest BCUT2D eigenvalue weighted by Gasteiger charge is -2.12. The van der Waals surface area contributed by atoms with E-state index in [2.05, 4.69) is 42.5 Å². The normalized spacial score (nSPS) is 10.7. The Morgan fingerprint density at radius 3 is 1.97 bits per heavy atom. The molecule has 0 fully saturated rings. The van der Waals surface area contributed by atoms with E-state index in [0.29, 0.717) is 13.2 Å². The van der Waals surface area contributed by atoms with Gasteiger partial charge in [-0.15, -0.1) is 0 Å². The number of ether oxygens (including phenoxy) is 4. The van der Waals surface area contributed by atoms with Crippen molar-refractivity contribution in [1.82, 2.24) is 0 Å². The largest absolute Gasteiger partial charge is 0.491 e. The molecule has 0 aliphatic heterocycles. The van der Waals surface area contributed by atoms with Gasteiger partial charge in [-0.3, -0.25) is 0 Å². The number of hydrogen-bond acceptors (Lipinski definition) is 4. The first-order valence-corrected chi connectivity index (χ1v) is 11.0. The molecule has 33 heavy (non-hydrogen) atoms. The van der Waals surface area contributed by atoms with Crippen LogP contribution in [-0.4, -0.2) is 27.1 Å². The molecule has 4 heteroatoms. The fraction of sp³-hybridized carbons (Fsp3) is 0.172. The molecule has 0 aliphatic carbocycles. The average molecular weight is 441 g/mol. The van der Waals surface area contributed by atoms with Gasteiger partial charge in [-0.25, -0.2) is 0 Å². The summed E-state index contributed by atoms with van der Waals surface area (Å²) in [6.45, 7) is 1.24. The van der Waals surface area contributed by atoms with Gasteiger partial charge in [0.25, 0.3) is 0 Å². The van der Waals surface area contributed by atoms with Crippen molar-refractivity contribution in [1.29, 1.82) is 0 Å². The Hall–Kier alpha value is -3.60. The maximum absolute atomic E-state index is 6.03. The predicted octanol–water partition coefficient (Wildman–Crippen LogP) is 6.74. The minimum Gasteiger partial charge on any atom is -0.491 e. The lowest BCUT2D eigenvalue weighted by Crippen LogP contribution is -2.09. The highest BCUT2D eigenvalue weighted by molar-refractivity contribution is 5.64. The molecule has 4 nitrogen and oxygen atoms in total. The van der Waals surface area contributed by atoms with Crippen molar-refractivity contribution in [2.45, 2.75) is 6.42 Å². The molecule has 0 bridgehead atoms. The van der Waals surface area contributed by atoms with Gasteiger partial charge in [0.1, 0.15) is 30.6 Å². The summed E-state index contributed by atoms with van der Waals surface area (Å²) in [5.41, 5.74) is 4.69. The van der Waals surface area contributed by atoms with Crippen LogP contribution in [-0.2, 0) is 15.9 Å². The van der Waals surface area contributed by atoms with Crippen molar-refractivity contribution in [3.63, 3.8) is 0 Å². The van der Waals surface area contributed by atoms with E-state index in [1.165, 1.54) is 16.7 Å². The van der Waals surface area contributed by atoms with Crippen LogP contribution >= 0.6 is 0 Å². The van der Waals surface area contributed by atoms with E-state index in [1.54, 1.807) is 7.11 Å². The molecule has 0 radical (unpaired) electrons. The summed E-state index contributed by atoms with van der Waals surface area (Å²) in [6, 6.07) is 34.7. The molecule has 4 rings (SSSR count). The zero-order valence-corrected chi connectivity index (χ0v) is 18.8. The highest BCUT2D eigenvalue weighted by Gasteiger charge is 2.06. The van der Waals surface area contributed by atoms with Crippen LogP contribution in [0.5, 0.6) is 17.2 Å². The second kappa shape index (κ2) is 11.9. The maximum atomic E-state index is 6.03. The van der Waals surface area contributed by atoms with Crippen LogP contribution < -0.4 is 9.47 Å². The van der Waals surface area contributed by atoms with Gasteiger partial charge in [0.05, 0.1) is 6.61 Å². The van der Waals surface area contributed by atoms with Crippen LogP contribution in [0, 0.1) is 0 Å². The molecule has 4 aromatic rings. The number of hydrogen-bond donors (Lipinski definition) is 0. The Balaban J connectivity index is 1.34. The van der Waals surface area contributed by atoms with E-state index in [1.807, 2.05) is 60.7 Å². The fourth-order valence-electron chi connectivity index (χ4n) is 3.52. The second-order valence-electron chi connectivity index (χ2n) is 7.58. The first-order valence-electron chi connectivity index (χ1n) is 11.0. The summed E-state index contributed by atoms with van der Waals surface area (Å²) in [5.74, 6) is 2.50. The van der Waals surface area contributed by atoms with Crippen LogP contribution in [0.15, 0.2) is 103 Å². The van der Waals surface area contributed by atoms with E-state index in [0.717, 1.165) is 29.2 Å². The van der Waals surface area contributed by atoms with Crippen molar-refractivity contribution in [2.24, 2.45) is 0 Å². The van der Waals surface area contributed by atoms with E-state index in [9.17, 15) is 0 Å². The topological polar surface area (TPSA) is 36.9 Å². The molecule has 0 spiro atoms. The van der Waals surface area contributed by atoms with E-state index in [4.69, 9.17) is 18.9 Å². The third kappa shape index (κ3) is 6.69. The Morgan fingerprint density at radius 1 is 0.606 bits per heavy atom. The first kappa shape index (κ1) is 22.6. The molecule has 0 aromatic heterocycles. The van der Waals surface area contributed by atoms with E-state index < -0.39 is 0 Å². The predicted molar refractivity (Wildman–Crippen MR) is 131 cm³/mol. The molecule has 0 unspecified atom stereocenters. The monoisotopic (exact) mass is 440 g/mol. The van der Waals surface area contributed by atoms with Crippen LogP contribution in [0.4, 0.5) is 0 Å². The van der Waals surface area contributed by atoms with Crippen molar-refractivity contribution in [3.8, 4) is 28.4 Å². The minimum atomic E-state index is 0.274. The lowest BCUT2D eigenvalue weighted by molar-refractivity contribution is -0.0388. The fourth-order valence-corrected chi connectivity index (χ4v) is 3.52. The van der Waals surface area contributed by atoms with Gasteiger partial charge in [0.2, 0.25) is 0 Å². The average Bonchev–Trinajstić information content (AvgIpc) is 2.87. The van der Waals surface area contributed by atoms with Gasteiger partial charge in [0, 0.05) is 13.5 Å². The molecule has 4 aromatic carbocycles. The quantitative estimate of drug-likeness (QED) is 0.191. The highest BCUT2D eigenvalue weighted by Crippen LogP contribution is 2.27. The standard InChI is InChI=1S/C29H28O4/c1-30-22-31-19-20-32-29-10-6-5-9-26(29)21-23-11-15-27(16-12-23)33-28-17-13-25(14-18-28)24-7-3-2-4-8-24/h2-18H,19-22H2,1H3. The third-order valence-corrected chi connectivity index (χ3v) is 5.17. The number of methoxy groups -OCH3 is 1. The van der Waals surface area contributed by atoms with Gasteiger partial charge in [-0.2, -0.15) is 0 Å². The highest BCUT2D eigenvalue weighted by atomic mass is 16.7. The summed E-state index contributed by atoms with van der Waals surface area (Å²) in [6.07, 6.45) is 0.779. The zero-order valence-electron chi connectivity index (χ0n) is 18.8. The molecule has 0 saturated heterocycles. The zero-order chi connectivity index (χ0) is 22.7. The molecular formula is C29H28O4. The Morgan fingerprint density at radius 2 is 1.24 bits per heavy atom. The minimum absolute atomic E-state index is 0.274. The molecule has 0 heterocycles. The summed E-state index contributed by atoms with van der Waals surface area (Å²) in [7, 11) is 1.61. The van der Waals surface area contributed by atoms with Crippen molar-refractivity contribution >= 4 is 0 Å². The maximum Gasteiger partial charge on any atom is 0.146 e. The van der Waals surface area contributed by atoms with Crippen LogP contribution in [0.25, 0.3) is 11.1 Å². The number of benzene rings is 4. The summed E-state index contributed by atoms with van der Waals surface area (Å²) in [5, 5.41) is 0. The molecule has 0 amide bonds. The van der Waals surface area contributed by atoms with Crippen molar-refractivity contribution in [2.75, 3.05) is 27.1 Å². The molecule has 168 valence electrons. The second-order valence-corrected chi connectivity index (χ2v) is 7.58. The van der Waals surface area contributed by atoms with E-state index in [-0.39, 0.29) is 6.79 Å². The van der Waals surface area contributed by atoms with Gasteiger partial charge in [0.15, 0.2) is 0 Å². The van der Waals surface area contributed by atoms with Crippen LogP contribution in [0.2, 0.25) is 0 Å². The number of rotatable bonds is 11. The summed E-state index contributed by atoms with van der Waals surface area (Å²) in [4.78, 5) is 0. The Kier molecular flexibility index (Phi) is 8.12. The lowest BCUT2D eigenvalue weighted by atomic mass is 10.0. The van der Waals surface area contributed by atoms with Gasteiger partial charge < -0.3 is 18.9 Å². The van der Waals surface area contributed by atoms with Gasteiger partial charge in [-0.05, 0) is 52.6 Å². The van der Waals surface area contributed by atoms with E-state index >= 15 is 0 Å². The summed E-state index contributed by atoms with van der Waals surface area (Å²) >= 11 is 0. The molecule has 0 N–H and O–H groups in total. The molecule has 0 aliphatic rings. The molecule has 0 saturated carbocycles. The molecule has 0 atom stereocenters. The Bertz CT molecular complexity index is 1110. The third-order valence-electron chi connectivity index (χ3n) is 5.17. The first-order chi connectivity index (χ1) is 16.3. The van der Waals surface area contributed by atoms with Crippen LogP contribution in [0.3, 0.4) is 0 Å². The molecular weight excluding hydrogens is 412 g/mol. The SMILES string of the molecule is COCOCCOc1ccccc1Cc1ccc(Oc2ccc(-c3ccccc3)cc2)cc1. The van der Waals surface area contributed by atoms with Crippen molar-refractivity contribution < 1.29 is 18.9 Å². The van der Waals surface area contributed by atoms with Crippen LogP contribution in [0.1, 0.15) is 11.1 Å². The Labute approximate surface area is 195 Å². The van der Waals surface area contributed by atoms with Gasteiger partial charge >= 0.3 is 0 Å². The number of para-hydroxylation sites is 1. The van der Waals surface area contributed by atoms with Crippen molar-refractivity contribution in [3.05, 3.63) is 114 Å². The van der Waals surface area contributed by atoms with Gasteiger partial charge in [-0.1, -0.05) is 72.8 Å². The summed E-state index contributed by atoms with van der Waals surface area (Å²) < 4.78 is 22.1.